The molecule has 16 heavy (non-hydrogen) atoms. The Labute approximate surface area is 95.1 Å². The molecule has 5 nitrogen and oxygen atoms in total. The maximum Gasteiger partial charge on any atom is 0.324 e. The quantitative estimate of drug-likeness (QED) is 0.698. The molecular weight excluding hydrogens is 208 g/mol. The van der Waals surface area contributed by atoms with Crippen LogP contribution in [-0.4, -0.2) is 43.1 Å². The van der Waals surface area contributed by atoms with Crippen molar-refractivity contribution in [3.05, 3.63) is 0 Å². The molecule has 0 aromatic heterocycles. The van der Waals surface area contributed by atoms with Gasteiger partial charge in [-0.25, -0.2) is 4.79 Å². The van der Waals surface area contributed by atoms with E-state index in [1.165, 1.54) is 12.8 Å². The van der Waals surface area contributed by atoms with Crippen molar-refractivity contribution >= 4 is 11.9 Å². The average molecular weight is 226 g/mol. The van der Waals surface area contributed by atoms with Gasteiger partial charge in [0.15, 0.2) is 0 Å². The van der Waals surface area contributed by atoms with Gasteiger partial charge in [-0.3, -0.25) is 10.1 Å². The Morgan fingerprint density at radius 3 is 2.88 bits per heavy atom. The molecule has 1 saturated heterocycles. The van der Waals surface area contributed by atoms with Crippen molar-refractivity contribution in [1.82, 2.24) is 10.2 Å². The molecule has 5 heteroatoms. The summed E-state index contributed by atoms with van der Waals surface area (Å²) in [4.78, 5) is 24.3. The van der Waals surface area contributed by atoms with E-state index in [0.29, 0.717) is 19.7 Å². The first-order valence-electron chi connectivity index (χ1n) is 5.84. The summed E-state index contributed by atoms with van der Waals surface area (Å²) >= 11 is 0. The van der Waals surface area contributed by atoms with Crippen LogP contribution in [0, 0.1) is 11.8 Å². The minimum atomic E-state index is -0.293. The molecule has 0 radical (unpaired) electrons. The summed E-state index contributed by atoms with van der Waals surface area (Å²) < 4.78 is 5.46. The third-order valence-corrected chi connectivity index (χ3v) is 3.02. The highest BCUT2D eigenvalue weighted by molar-refractivity contribution is 5.97. The van der Waals surface area contributed by atoms with Crippen LogP contribution in [-0.2, 0) is 9.53 Å². The van der Waals surface area contributed by atoms with E-state index in [1.54, 1.807) is 4.90 Å². The molecule has 1 N–H and O–H groups in total. The summed E-state index contributed by atoms with van der Waals surface area (Å²) in [6.07, 6.45) is 2.55. The number of imide groups is 1. The van der Waals surface area contributed by atoms with Crippen LogP contribution in [0.3, 0.4) is 0 Å². The minimum Gasteiger partial charge on any atom is -0.379 e. The van der Waals surface area contributed by atoms with Gasteiger partial charge < -0.3 is 9.64 Å². The number of rotatable bonds is 5. The Kier molecular flexibility index (Phi) is 3.43. The molecule has 0 spiro atoms. The van der Waals surface area contributed by atoms with E-state index < -0.39 is 0 Å². The second kappa shape index (κ2) is 4.82. The topological polar surface area (TPSA) is 58.6 Å². The molecule has 3 amide bonds. The first-order valence-corrected chi connectivity index (χ1v) is 5.84. The zero-order valence-corrected chi connectivity index (χ0v) is 9.57. The standard InChI is InChI=1S/C11H18N2O3/c1-8-6-13(11(15)12-10(8)14)4-5-16-7-9-2-3-9/h8-9H,2-7H2,1H3,(H,12,14,15). The second-order valence-corrected chi connectivity index (χ2v) is 4.66. The van der Waals surface area contributed by atoms with Crippen molar-refractivity contribution in [3.8, 4) is 0 Å². The summed E-state index contributed by atoms with van der Waals surface area (Å²) in [6, 6.07) is -0.293. The van der Waals surface area contributed by atoms with E-state index in [-0.39, 0.29) is 17.9 Å². The molecule has 0 aromatic rings. The van der Waals surface area contributed by atoms with Gasteiger partial charge in [-0.15, -0.1) is 0 Å². The molecule has 0 aromatic carbocycles. The Morgan fingerprint density at radius 2 is 2.19 bits per heavy atom. The van der Waals surface area contributed by atoms with Gasteiger partial charge in [-0.1, -0.05) is 6.92 Å². The van der Waals surface area contributed by atoms with Crippen LogP contribution in [0.1, 0.15) is 19.8 Å². The third-order valence-electron chi connectivity index (χ3n) is 3.02. The first kappa shape index (κ1) is 11.4. The van der Waals surface area contributed by atoms with Crippen LogP contribution in [0.15, 0.2) is 0 Å². The van der Waals surface area contributed by atoms with Crippen molar-refractivity contribution in [2.45, 2.75) is 19.8 Å². The van der Waals surface area contributed by atoms with Gasteiger partial charge in [0.2, 0.25) is 5.91 Å². The zero-order valence-electron chi connectivity index (χ0n) is 9.57. The molecule has 2 aliphatic rings. The third kappa shape index (κ3) is 2.95. The van der Waals surface area contributed by atoms with E-state index in [0.717, 1.165) is 12.5 Å². The maximum atomic E-state index is 11.4. The normalized spacial score (nSPS) is 25.8. The van der Waals surface area contributed by atoms with Crippen LogP contribution >= 0.6 is 0 Å². The Bertz CT molecular complexity index is 289. The van der Waals surface area contributed by atoms with Gasteiger partial charge in [0, 0.05) is 19.7 Å². The molecule has 90 valence electrons. The lowest BCUT2D eigenvalue weighted by Gasteiger charge is -2.30. The lowest BCUT2D eigenvalue weighted by molar-refractivity contribution is -0.125. The number of urea groups is 1. The van der Waals surface area contributed by atoms with E-state index in [1.807, 2.05) is 6.92 Å². The SMILES string of the molecule is CC1CN(CCOCC2CC2)C(=O)NC1=O. The summed E-state index contributed by atoms with van der Waals surface area (Å²) in [5.41, 5.74) is 0. The number of nitrogens with one attached hydrogen (secondary N) is 1. The molecule has 2 rings (SSSR count). The van der Waals surface area contributed by atoms with Gasteiger partial charge in [0.1, 0.15) is 0 Å². The van der Waals surface area contributed by atoms with Crippen LogP contribution in [0.5, 0.6) is 0 Å². The van der Waals surface area contributed by atoms with Gasteiger partial charge in [0.25, 0.3) is 0 Å². The highest BCUT2D eigenvalue weighted by Gasteiger charge is 2.28. The van der Waals surface area contributed by atoms with Crippen LogP contribution in [0.2, 0.25) is 0 Å². The fourth-order valence-corrected chi connectivity index (χ4v) is 1.71. The molecular formula is C11H18N2O3. The van der Waals surface area contributed by atoms with Crippen molar-refractivity contribution in [2.24, 2.45) is 11.8 Å². The van der Waals surface area contributed by atoms with Crippen LogP contribution < -0.4 is 5.32 Å². The minimum absolute atomic E-state index is 0.124. The van der Waals surface area contributed by atoms with Crippen molar-refractivity contribution in [1.29, 1.82) is 0 Å². The summed E-state index contributed by atoms with van der Waals surface area (Å²) in [5, 5.41) is 2.33. The molecule has 1 unspecified atom stereocenters. The average Bonchev–Trinajstić information content (AvgIpc) is 3.04. The van der Waals surface area contributed by atoms with Gasteiger partial charge in [-0.2, -0.15) is 0 Å². The monoisotopic (exact) mass is 226 g/mol. The summed E-state index contributed by atoms with van der Waals surface area (Å²) in [7, 11) is 0. The highest BCUT2D eigenvalue weighted by Crippen LogP contribution is 2.28. The molecule has 0 bridgehead atoms. The van der Waals surface area contributed by atoms with Crippen molar-refractivity contribution < 1.29 is 14.3 Å². The molecule has 1 saturated carbocycles. The smallest absolute Gasteiger partial charge is 0.324 e. The molecule has 2 fully saturated rings. The number of hydrogen-bond donors (Lipinski definition) is 1. The highest BCUT2D eigenvalue weighted by atomic mass is 16.5. The number of carbonyl (C=O) groups excluding carboxylic acids is 2. The number of nitrogens with zero attached hydrogens (tertiary/aromatic N) is 1. The first-order chi connectivity index (χ1) is 7.66. The van der Waals surface area contributed by atoms with E-state index >= 15 is 0 Å². The van der Waals surface area contributed by atoms with E-state index in [9.17, 15) is 9.59 Å². The van der Waals surface area contributed by atoms with Gasteiger partial charge >= 0.3 is 6.03 Å². The largest absolute Gasteiger partial charge is 0.379 e. The lowest BCUT2D eigenvalue weighted by atomic mass is 10.1. The number of amides is 3. The fraction of sp³-hybridized carbons (Fsp3) is 0.818. The van der Waals surface area contributed by atoms with Gasteiger partial charge in [0.05, 0.1) is 12.5 Å². The van der Waals surface area contributed by atoms with Crippen LogP contribution in [0.4, 0.5) is 4.79 Å². The Hall–Kier alpha value is -1.10. The zero-order chi connectivity index (χ0) is 11.5. The fourth-order valence-electron chi connectivity index (χ4n) is 1.71. The molecule has 1 aliphatic carbocycles. The maximum absolute atomic E-state index is 11.4. The van der Waals surface area contributed by atoms with Crippen molar-refractivity contribution in [3.63, 3.8) is 0 Å². The second-order valence-electron chi connectivity index (χ2n) is 4.66. The Balaban J connectivity index is 1.67. The van der Waals surface area contributed by atoms with Crippen molar-refractivity contribution in [2.75, 3.05) is 26.3 Å². The lowest BCUT2D eigenvalue weighted by Crippen LogP contribution is -2.54. The predicted octanol–water partition coefficient (Wildman–Crippen LogP) is 0.601. The predicted molar refractivity (Wildman–Crippen MR) is 57.8 cm³/mol. The van der Waals surface area contributed by atoms with Gasteiger partial charge in [-0.05, 0) is 18.8 Å². The van der Waals surface area contributed by atoms with Crippen LogP contribution in [0.25, 0.3) is 0 Å². The summed E-state index contributed by atoms with van der Waals surface area (Å²) in [6.45, 7) is 4.25. The number of ether oxygens (including phenoxy) is 1. The van der Waals surface area contributed by atoms with E-state index in [4.69, 9.17) is 4.74 Å². The molecule has 1 aliphatic heterocycles. The van der Waals surface area contributed by atoms with E-state index in [2.05, 4.69) is 5.32 Å². The Morgan fingerprint density at radius 1 is 1.44 bits per heavy atom. The molecule has 1 atom stereocenters. The summed E-state index contributed by atoms with van der Waals surface area (Å²) in [5.74, 6) is 0.442. The number of hydrogen-bond acceptors (Lipinski definition) is 3. The molecule has 1 heterocycles. The number of carbonyl (C=O) groups is 2.